The summed E-state index contributed by atoms with van der Waals surface area (Å²) in [6.07, 6.45) is 4.59. The van der Waals surface area contributed by atoms with Crippen molar-refractivity contribution in [2.75, 3.05) is 79.8 Å². The molecule has 0 N–H and O–H groups in total. The number of carbonyl (C=O) groups excluding carboxylic acids is 4. The molecule has 2 unspecified atom stereocenters. The minimum absolute atomic E-state index is 0.142. The fraction of sp³-hybridized carbons (Fsp3) is 0.500. The maximum atomic E-state index is 12.3. The maximum Gasteiger partial charge on any atom is 0.333 e. The minimum Gasteiger partial charge on any atom is -0.494 e. The number of hydrogen-bond donors (Lipinski definition) is 0. The molecule has 3 rings (SSSR count). The number of hydrogen-bond acceptors (Lipinski definition) is 14. The summed E-state index contributed by atoms with van der Waals surface area (Å²) in [5.41, 5.74) is 2.42. The number of carbonyl (C=O) groups is 4. The molecule has 14 heteroatoms. The Balaban J connectivity index is 0.000000485. The third-order valence-corrected chi connectivity index (χ3v) is 9.15. The lowest BCUT2D eigenvalue weighted by Crippen LogP contribution is -2.17. The van der Waals surface area contributed by atoms with E-state index >= 15 is 0 Å². The first-order valence-electron chi connectivity index (χ1n) is 22.8. The summed E-state index contributed by atoms with van der Waals surface area (Å²) >= 11 is 0. The zero-order valence-electron chi connectivity index (χ0n) is 39.5. The summed E-state index contributed by atoms with van der Waals surface area (Å²) in [5.74, 6) is 0.00296. The van der Waals surface area contributed by atoms with Gasteiger partial charge in [0.25, 0.3) is 0 Å². The molecule has 0 radical (unpaired) electrons. The van der Waals surface area contributed by atoms with E-state index in [1.807, 2.05) is 84.9 Å². The van der Waals surface area contributed by atoms with Gasteiger partial charge in [-0.25, -0.2) is 9.59 Å². The van der Waals surface area contributed by atoms with Crippen molar-refractivity contribution in [1.82, 2.24) is 0 Å². The van der Waals surface area contributed by atoms with E-state index in [-0.39, 0.29) is 44.6 Å². The molecule has 0 bridgehead atoms. The smallest absolute Gasteiger partial charge is 0.333 e. The molecule has 0 heterocycles. The van der Waals surface area contributed by atoms with Crippen LogP contribution < -0.4 is 9.47 Å². The molecular formula is C52H72O14. The van der Waals surface area contributed by atoms with Crippen LogP contribution in [0.15, 0.2) is 109 Å². The molecule has 3 aromatic rings. The zero-order chi connectivity index (χ0) is 48.0. The molecule has 66 heavy (non-hydrogen) atoms. The van der Waals surface area contributed by atoms with Gasteiger partial charge in [-0.3, -0.25) is 9.59 Å². The average molecular weight is 921 g/mol. The molecule has 0 aliphatic carbocycles. The Labute approximate surface area is 391 Å². The van der Waals surface area contributed by atoms with E-state index in [0.29, 0.717) is 76.8 Å². The van der Waals surface area contributed by atoms with E-state index in [2.05, 4.69) is 20.1 Å². The molecule has 0 aliphatic heterocycles. The summed E-state index contributed by atoms with van der Waals surface area (Å²) in [5, 5.41) is 0. The number of rotatable bonds is 35. The van der Waals surface area contributed by atoms with Gasteiger partial charge in [-0.2, -0.15) is 0 Å². The molecule has 0 aromatic heterocycles. The summed E-state index contributed by atoms with van der Waals surface area (Å²) in [4.78, 5) is 47.2. The average Bonchev–Trinajstić information content (AvgIpc) is 3.32. The van der Waals surface area contributed by atoms with Crippen LogP contribution in [0.4, 0.5) is 0 Å². The molecule has 3 aromatic carbocycles. The van der Waals surface area contributed by atoms with Crippen molar-refractivity contribution in [3.8, 4) is 11.5 Å². The van der Waals surface area contributed by atoms with Gasteiger partial charge in [0.1, 0.15) is 18.1 Å². The Bertz CT molecular complexity index is 1780. The molecular weight excluding hydrogens is 849 g/mol. The Morgan fingerprint density at radius 3 is 1.30 bits per heavy atom. The van der Waals surface area contributed by atoms with Crippen molar-refractivity contribution in [3.63, 3.8) is 0 Å². The molecule has 0 amide bonds. The SMILES string of the molecule is C=C(C)C(=O)OCCCC(=O)OC(COCCCCOC)c1ccccc1.C=C(C)C(=O)OCCCC(=O)OC(COCCCCOCCOc1ccc(OCCC)cc1)c1ccccc1. The van der Waals surface area contributed by atoms with Crippen LogP contribution in [-0.4, -0.2) is 104 Å². The highest BCUT2D eigenvalue weighted by Crippen LogP contribution is 2.21. The lowest BCUT2D eigenvalue weighted by molar-refractivity contribution is -0.154. The highest BCUT2D eigenvalue weighted by atomic mass is 16.6. The van der Waals surface area contributed by atoms with Crippen molar-refractivity contribution in [2.24, 2.45) is 0 Å². The van der Waals surface area contributed by atoms with Gasteiger partial charge in [-0.15, -0.1) is 0 Å². The van der Waals surface area contributed by atoms with Crippen LogP contribution in [0.3, 0.4) is 0 Å². The lowest BCUT2D eigenvalue weighted by atomic mass is 10.1. The second-order valence-corrected chi connectivity index (χ2v) is 15.2. The number of methoxy groups -OCH3 is 1. The van der Waals surface area contributed by atoms with Crippen molar-refractivity contribution >= 4 is 23.9 Å². The summed E-state index contributed by atoms with van der Waals surface area (Å²) in [6, 6.07) is 26.6. The van der Waals surface area contributed by atoms with E-state index in [0.717, 1.165) is 54.7 Å². The normalized spacial score (nSPS) is 11.5. The Morgan fingerprint density at radius 1 is 0.485 bits per heavy atom. The fourth-order valence-electron chi connectivity index (χ4n) is 5.59. The molecule has 2 atom stereocenters. The van der Waals surface area contributed by atoms with E-state index in [9.17, 15) is 19.2 Å². The Morgan fingerprint density at radius 2 is 0.894 bits per heavy atom. The van der Waals surface area contributed by atoms with Crippen LogP contribution in [0.5, 0.6) is 11.5 Å². The molecule has 0 saturated heterocycles. The molecule has 0 fully saturated rings. The van der Waals surface area contributed by atoms with Gasteiger partial charge in [0.2, 0.25) is 0 Å². The topological polar surface area (TPSA) is 161 Å². The third-order valence-electron chi connectivity index (χ3n) is 9.15. The molecule has 0 aliphatic rings. The summed E-state index contributed by atoms with van der Waals surface area (Å²) in [6.45, 7) is 17.3. The lowest BCUT2D eigenvalue weighted by Gasteiger charge is -2.18. The van der Waals surface area contributed by atoms with E-state index in [4.69, 9.17) is 47.4 Å². The first kappa shape index (κ1) is 56.6. The largest absolute Gasteiger partial charge is 0.494 e. The minimum atomic E-state index is -0.502. The summed E-state index contributed by atoms with van der Waals surface area (Å²) in [7, 11) is 1.67. The van der Waals surface area contributed by atoms with Crippen LogP contribution in [0.25, 0.3) is 0 Å². The highest BCUT2D eigenvalue weighted by Gasteiger charge is 2.19. The van der Waals surface area contributed by atoms with Gasteiger partial charge < -0.3 is 47.4 Å². The zero-order valence-corrected chi connectivity index (χ0v) is 39.5. The van der Waals surface area contributed by atoms with E-state index in [1.54, 1.807) is 21.0 Å². The van der Waals surface area contributed by atoms with Gasteiger partial charge in [0.05, 0.1) is 39.6 Å². The first-order valence-corrected chi connectivity index (χ1v) is 22.8. The Hall–Kier alpha value is -5.54. The number of esters is 4. The van der Waals surface area contributed by atoms with Crippen molar-refractivity contribution in [1.29, 1.82) is 0 Å². The highest BCUT2D eigenvalue weighted by molar-refractivity contribution is 5.87. The van der Waals surface area contributed by atoms with Gasteiger partial charge in [-0.1, -0.05) is 80.7 Å². The third kappa shape index (κ3) is 27.7. The van der Waals surface area contributed by atoms with Gasteiger partial charge >= 0.3 is 23.9 Å². The standard InChI is InChI=1S/C31H42O8.C21H30O6/c1-4-18-36-27-14-16-28(17-15-27)37-23-22-34-19-8-9-20-35-24-29(26-11-6-5-7-12-26)39-30(32)13-10-21-38-31(33)25(2)3;1-17(2)21(23)26-15-9-12-20(22)27-19(18-10-5-4-6-11-18)16-25-14-8-7-13-24-3/h5-7,11-12,14-17,29H,2,4,8-10,13,18-24H2,1,3H3;4-6,10-11,19H,1,7-9,12-16H2,2-3H3. The molecule has 0 spiro atoms. The predicted molar refractivity (Wildman–Crippen MR) is 251 cm³/mol. The van der Waals surface area contributed by atoms with Crippen LogP contribution >= 0.6 is 0 Å². The molecule has 14 nitrogen and oxygen atoms in total. The van der Waals surface area contributed by atoms with Gasteiger partial charge in [-0.05, 0) is 94.2 Å². The van der Waals surface area contributed by atoms with Crippen LogP contribution in [0, 0.1) is 0 Å². The Kier molecular flexibility index (Phi) is 31.4. The van der Waals surface area contributed by atoms with Crippen molar-refractivity contribution in [2.45, 2.75) is 90.8 Å². The van der Waals surface area contributed by atoms with E-state index < -0.39 is 24.1 Å². The van der Waals surface area contributed by atoms with Crippen LogP contribution in [0.1, 0.15) is 102 Å². The maximum absolute atomic E-state index is 12.3. The van der Waals surface area contributed by atoms with Crippen LogP contribution in [-0.2, 0) is 57.1 Å². The van der Waals surface area contributed by atoms with Crippen molar-refractivity contribution < 1.29 is 66.5 Å². The fourth-order valence-corrected chi connectivity index (χ4v) is 5.59. The monoisotopic (exact) mass is 920 g/mol. The first-order chi connectivity index (χ1) is 32.0. The molecule has 0 saturated carbocycles. The predicted octanol–water partition coefficient (Wildman–Crippen LogP) is 9.47. The number of benzene rings is 3. The summed E-state index contributed by atoms with van der Waals surface area (Å²) < 4.78 is 54.6. The second kappa shape index (κ2) is 36.7. The van der Waals surface area contributed by atoms with Gasteiger partial charge in [0.15, 0.2) is 12.2 Å². The van der Waals surface area contributed by atoms with E-state index in [1.165, 1.54) is 0 Å². The second-order valence-electron chi connectivity index (χ2n) is 15.2. The quantitative estimate of drug-likeness (QED) is 0.0237. The van der Waals surface area contributed by atoms with Crippen LogP contribution in [0.2, 0.25) is 0 Å². The molecule has 364 valence electrons. The van der Waals surface area contributed by atoms with Crippen molar-refractivity contribution in [3.05, 3.63) is 120 Å². The number of ether oxygens (including phenoxy) is 10. The number of unbranched alkanes of at least 4 members (excludes halogenated alkanes) is 2. The van der Waals surface area contributed by atoms with Gasteiger partial charge in [0, 0.05) is 57.5 Å².